The van der Waals surface area contributed by atoms with Gasteiger partial charge in [-0.2, -0.15) is 0 Å². The summed E-state index contributed by atoms with van der Waals surface area (Å²) in [4.78, 5) is 108. The SMILES string of the molecule is CC(=O)OC[C@H]1O[C@@H](n2cc(Cc3ccc(OCCCN4CCCC5(CCN(C(=O)CNC(=O)NCC(C)C)CC5)C4)cc3)c3c(C)cccc32)[C@H](OC(C)=O)[C@@H](OC(C)=O)[C@@H]1OC(C)=O.Cc1cccc2c1c(Cc1ccc(OCCCN3CCCC4(CCN(C(=O)CNC(=O)NCC(C)C)CC4)C3)cc1)cn2[C@@H]1O[C@H](CO)[C@@H](O)[C@H](O)[C@H]1O. The van der Waals surface area contributed by atoms with E-state index >= 15 is 0 Å². The monoisotopic (exact) mass is 1670 g/mol. The minimum atomic E-state index is -1.46. The summed E-state index contributed by atoms with van der Waals surface area (Å²) in [7, 11) is 0. The van der Waals surface area contributed by atoms with Crippen LogP contribution in [-0.2, 0) is 70.0 Å². The number of piperidine rings is 4. The average molecular weight is 1670 g/mol. The molecule has 4 aromatic carbocycles. The lowest BCUT2D eigenvalue weighted by atomic mass is 9.72. The lowest BCUT2D eigenvalue weighted by Gasteiger charge is -2.47. The molecule has 120 heavy (non-hydrogen) atoms. The molecule has 12 rings (SSSR count). The van der Waals surface area contributed by atoms with E-state index in [0.29, 0.717) is 64.1 Å². The maximum Gasteiger partial charge on any atom is 0.315 e. The van der Waals surface area contributed by atoms with Crippen LogP contribution in [0.15, 0.2) is 97.3 Å². The number of aryl methyl sites for hydroxylation is 2. The summed E-state index contributed by atoms with van der Waals surface area (Å²) in [5, 5.41) is 54.3. The Labute approximate surface area is 703 Å². The van der Waals surface area contributed by atoms with Gasteiger partial charge in [-0.05, 0) is 196 Å². The Kier molecular flexibility index (Phi) is 32.3. The largest absolute Gasteiger partial charge is 0.494 e. The fraction of sp³-hybridized carbons (Fsp3) is 0.600. The van der Waals surface area contributed by atoms with Crippen molar-refractivity contribution in [3.63, 3.8) is 0 Å². The zero-order valence-corrected chi connectivity index (χ0v) is 71.4. The lowest BCUT2D eigenvalue weighted by molar-refractivity contribution is -0.267. The number of benzene rings is 4. The second-order valence-electron chi connectivity index (χ2n) is 34.4. The highest BCUT2D eigenvalue weighted by molar-refractivity contribution is 5.89. The Balaban J connectivity index is 0.000000239. The van der Waals surface area contributed by atoms with Crippen LogP contribution in [0.3, 0.4) is 0 Å². The first-order chi connectivity index (χ1) is 57.5. The molecule has 0 radical (unpaired) electrons. The van der Waals surface area contributed by atoms with Gasteiger partial charge in [-0.25, -0.2) is 9.59 Å². The fourth-order valence-corrected chi connectivity index (χ4v) is 17.9. The van der Waals surface area contributed by atoms with Gasteiger partial charge in [0.25, 0.3) is 0 Å². The quantitative estimate of drug-likeness (QED) is 0.0120. The zero-order valence-electron chi connectivity index (χ0n) is 71.4. The Morgan fingerprint density at radius 1 is 0.492 bits per heavy atom. The molecular weight excluding hydrogens is 1540 g/mol. The number of esters is 4. The number of urea groups is 2. The number of nitrogens with one attached hydrogen (secondary N) is 4. The van der Waals surface area contributed by atoms with E-state index in [9.17, 15) is 58.8 Å². The van der Waals surface area contributed by atoms with Crippen molar-refractivity contribution in [1.82, 2.24) is 50.0 Å². The summed E-state index contributed by atoms with van der Waals surface area (Å²) in [6.45, 7) is 27.6. The highest BCUT2D eigenvalue weighted by Crippen LogP contribution is 2.44. The number of nitrogens with zero attached hydrogens (tertiary/aromatic N) is 6. The van der Waals surface area contributed by atoms with Crippen molar-refractivity contribution in [3.05, 3.63) is 131 Å². The molecule has 30 nitrogen and oxygen atoms in total. The van der Waals surface area contributed by atoms with Crippen LogP contribution in [0.1, 0.15) is 165 Å². The van der Waals surface area contributed by atoms with Crippen LogP contribution in [0.2, 0.25) is 0 Å². The second kappa shape index (κ2) is 42.4. The summed E-state index contributed by atoms with van der Waals surface area (Å²) in [6, 6.07) is 27.3. The van der Waals surface area contributed by atoms with E-state index in [1.807, 2.05) is 141 Å². The molecule has 30 heteroatoms. The highest BCUT2D eigenvalue weighted by Gasteiger charge is 2.54. The first kappa shape index (κ1) is 91.3. The Morgan fingerprint density at radius 3 is 1.34 bits per heavy atom. The van der Waals surface area contributed by atoms with Crippen LogP contribution in [-0.4, -0.2) is 264 Å². The minimum Gasteiger partial charge on any atom is -0.494 e. The number of carbonyl (C=O) groups is 8. The molecule has 10 atom stereocenters. The molecular formula is C90H126N10O20. The number of aliphatic hydroxyl groups is 4. The number of likely N-dealkylation sites (tertiary alicyclic amines) is 4. The van der Waals surface area contributed by atoms with Gasteiger partial charge in [0.05, 0.1) is 43.9 Å². The molecule has 0 aliphatic carbocycles. The third-order valence-corrected chi connectivity index (χ3v) is 24.1. The number of carbonyl (C=O) groups excluding carboxylic acids is 8. The number of rotatable bonds is 30. The minimum absolute atomic E-state index is 0.0142. The fourth-order valence-electron chi connectivity index (χ4n) is 17.9. The van der Waals surface area contributed by atoms with Crippen molar-refractivity contribution in [2.75, 3.05) is 118 Å². The molecule has 0 bridgehead atoms. The first-order valence-corrected chi connectivity index (χ1v) is 42.7. The number of aromatic nitrogens is 2. The Morgan fingerprint density at radius 2 is 0.917 bits per heavy atom. The lowest BCUT2D eigenvalue weighted by Crippen LogP contribution is -2.60. The third-order valence-electron chi connectivity index (χ3n) is 24.1. The van der Waals surface area contributed by atoms with Crippen LogP contribution in [0.5, 0.6) is 11.5 Å². The van der Waals surface area contributed by atoms with Gasteiger partial charge in [0, 0.05) is 116 Å². The van der Waals surface area contributed by atoms with Crippen molar-refractivity contribution in [2.45, 2.75) is 208 Å². The van der Waals surface area contributed by atoms with Crippen molar-refractivity contribution in [3.8, 4) is 11.5 Å². The molecule has 8 N–H and O–H groups in total. The van der Waals surface area contributed by atoms with E-state index in [0.717, 1.165) is 170 Å². The zero-order chi connectivity index (χ0) is 86.0. The number of fused-ring (bicyclic) bond motifs is 2. The van der Waals surface area contributed by atoms with E-state index < -0.39 is 91.8 Å². The highest BCUT2D eigenvalue weighted by atomic mass is 16.7. The topological polar surface area (TPSA) is 362 Å². The molecule has 0 saturated carbocycles. The predicted molar refractivity (Wildman–Crippen MR) is 449 cm³/mol. The van der Waals surface area contributed by atoms with Gasteiger partial charge in [-0.3, -0.25) is 28.8 Å². The van der Waals surface area contributed by atoms with E-state index in [2.05, 4.69) is 43.2 Å². The van der Waals surface area contributed by atoms with Crippen LogP contribution in [0.4, 0.5) is 9.59 Å². The number of aliphatic hydroxyl groups excluding tert-OH is 4. The van der Waals surface area contributed by atoms with Gasteiger partial charge in [-0.1, -0.05) is 76.2 Å². The summed E-state index contributed by atoms with van der Waals surface area (Å²) >= 11 is 0. The molecule has 8 heterocycles. The summed E-state index contributed by atoms with van der Waals surface area (Å²) in [6.07, 6.45) is 3.21. The van der Waals surface area contributed by atoms with Crippen molar-refractivity contribution >= 4 is 69.6 Å². The molecule has 6 saturated heterocycles. The van der Waals surface area contributed by atoms with Gasteiger partial charge in [0.15, 0.2) is 30.8 Å². The second-order valence-corrected chi connectivity index (χ2v) is 34.4. The summed E-state index contributed by atoms with van der Waals surface area (Å²) in [5.41, 5.74) is 8.23. The van der Waals surface area contributed by atoms with Crippen LogP contribution in [0, 0.1) is 36.5 Å². The first-order valence-electron chi connectivity index (χ1n) is 42.7. The van der Waals surface area contributed by atoms with Gasteiger partial charge < -0.3 is 108 Å². The van der Waals surface area contributed by atoms with Crippen molar-refractivity contribution in [2.24, 2.45) is 22.7 Å². The van der Waals surface area contributed by atoms with Crippen molar-refractivity contribution < 1.29 is 96.7 Å². The number of hydrogen-bond acceptors (Lipinski definition) is 22. The van der Waals surface area contributed by atoms with E-state index in [1.165, 1.54) is 40.5 Å². The normalized spacial score (nSPS) is 23.1. The molecule has 2 aromatic heterocycles. The number of hydrogen-bond donors (Lipinski definition) is 8. The van der Waals surface area contributed by atoms with E-state index in [4.69, 9.17) is 37.9 Å². The predicted octanol–water partition coefficient (Wildman–Crippen LogP) is 8.17. The molecule has 6 fully saturated rings. The molecule has 0 unspecified atom stereocenters. The summed E-state index contributed by atoms with van der Waals surface area (Å²) < 4.78 is 50.8. The third kappa shape index (κ3) is 24.3. The van der Waals surface area contributed by atoms with Crippen LogP contribution >= 0.6 is 0 Å². The Bertz CT molecular complexity index is 4440. The molecule has 6 aliphatic rings. The van der Waals surface area contributed by atoms with Gasteiger partial charge in [-0.15, -0.1) is 0 Å². The van der Waals surface area contributed by atoms with Crippen LogP contribution in [0.25, 0.3) is 21.8 Å². The molecule has 6 amide bonds. The molecule has 6 aliphatic heterocycles. The maximum atomic E-state index is 12.8. The van der Waals surface area contributed by atoms with Gasteiger partial charge >= 0.3 is 35.9 Å². The summed E-state index contributed by atoms with van der Waals surface area (Å²) in [5.74, 6) is -0.410. The van der Waals surface area contributed by atoms with E-state index in [1.54, 1.807) is 4.57 Å². The van der Waals surface area contributed by atoms with Gasteiger partial charge in [0.1, 0.15) is 48.6 Å². The molecule has 656 valence electrons. The van der Waals surface area contributed by atoms with Crippen molar-refractivity contribution in [1.29, 1.82) is 0 Å². The average Bonchev–Trinajstić information content (AvgIpc) is 1.66. The van der Waals surface area contributed by atoms with Gasteiger partial charge in [0.2, 0.25) is 11.8 Å². The van der Waals surface area contributed by atoms with E-state index in [-0.39, 0.29) is 54.4 Å². The number of ether oxygens (including phenoxy) is 8. The van der Waals surface area contributed by atoms with Crippen LogP contribution < -0.4 is 30.7 Å². The Hall–Kier alpha value is -9.40. The molecule has 2 spiro atoms. The standard InChI is InChI=1S/C49H67N5O12.C41H59N5O8/c1-31(2)26-50-48(60)51-27-42(59)53-22-18-49(19-23-53)17-9-20-52(30-49)21-10-24-61-39-15-13-37(14-16-39)25-38-28-54(40-12-8-11-32(3)43(38)40)47-46(65-36(7)58)45(64-35(6)57)44(63-34(5)56)41(66-47)29-62-33(4)55;1-27(2)22-42-40(52)43-23-34(48)45-18-14-41(15-19-45)13-5-16-44(26-41)17-6-20-53-31-11-9-29(10-12-31)21-30-24-46(32-8-4-7-28(3)35(30)32)39-38(51)37(50)36(49)33(25-47)54-39/h8,11-16,28,31,41,44-47H,9-10,17-27,29-30H2,1-7H3,(H2,50,51,60);4,7-12,24,27,33,36-39,47,49-51H,5-6,13-23,25-26H2,1-3H3,(H2,42,43,52)/t41-,44-,45+,46-,47-;33-,36-,37+,38-,39-/m11/s1. The number of amides is 6. The molecule has 6 aromatic rings. The smallest absolute Gasteiger partial charge is 0.315 e. The maximum absolute atomic E-state index is 12.8.